The van der Waals surface area contributed by atoms with E-state index in [0.717, 1.165) is 10.2 Å². The Balaban J connectivity index is 2.56. The molecule has 0 aliphatic carbocycles. The summed E-state index contributed by atoms with van der Waals surface area (Å²) < 4.78 is 16.5. The third kappa shape index (κ3) is 2.40. The van der Waals surface area contributed by atoms with Gasteiger partial charge >= 0.3 is 0 Å². The Morgan fingerprint density at radius 1 is 1.47 bits per heavy atom. The Morgan fingerprint density at radius 3 is 2.94 bits per heavy atom. The first-order chi connectivity index (χ1) is 8.13. The van der Waals surface area contributed by atoms with Crippen molar-refractivity contribution in [2.24, 2.45) is 7.05 Å². The van der Waals surface area contributed by atoms with E-state index in [2.05, 4.69) is 26.2 Å². The maximum Gasteiger partial charge on any atom is 0.132 e. The van der Waals surface area contributed by atoms with E-state index in [4.69, 9.17) is 0 Å². The van der Waals surface area contributed by atoms with Crippen molar-refractivity contribution in [2.75, 3.05) is 7.05 Å². The van der Waals surface area contributed by atoms with Gasteiger partial charge in [0.05, 0.1) is 17.7 Å². The standard InChI is InChI=1S/C12H13BrFN3/c1-15-6-11-12(16-7-17(11)2)9-5-8(13)3-4-10(9)14/h3-5,7,15H,6H2,1-2H3. The molecule has 1 aromatic carbocycles. The molecule has 0 spiro atoms. The zero-order chi connectivity index (χ0) is 12.4. The van der Waals surface area contributed by atoms with Gasteiger partial charge in [0, 0.05) is 23.6 Å². The normalized spacial score (nSPS) is 10.8. The number of benzene rings is 1. The Bertz CT molecular complexity index is 537. The predicted molar refractivity (Wildman–Crippen MR) is 69.1 cm³/mol. The van der Waals surface area contributed by atoms with Gasteiger partial charge in [0.25, 0.3) is 0 Å². The molecule has 0 amide bonds. The predicted octanol–water partition coefficient (Wildman–Crippen LogP) is 2.71. The second kappa shape index (κ2) is 4.98. The van der Waals surface area contributed by atoms with Crippen LogP contribution in [0.25, 0.3) is 11.3 Å². The van der Waals surface area contributed by atoms with Crippen LogP contribution in [0, 0.1) is 5.82 Å². The van der Waals surface area contributed by atoms with E-state index in [1.54, 1.807) is 18.5 Å². The fraction of sp³-hybridized carbons (Fsp3) is 0.250. The molecule has 90 valence electrons. The first-order valence-electron chi connectivity index (χ1n) is 5.23. The molecule has 1 heterocycles. The summed E-state index contributed by atoms with van der Waals surface area (Å²) in [6.07, 6.45) is 1.70. The maximum atomic E-state index is 13.8. The fourth-order valence-electron chi connectivity index (χ4n) is 1.74. The van der Waals surface area contributed by atoms with Gasteiger partial charge in [-0.05, 0) is 25.2 Å². The van der Waals surface area contributed by atoms with E-state index in [-0.39, 0.29) is 5.82 Å². The van der Waals surface area contributed by atoms with Crippen molar-refractivity contribution in [3.63, 3.8) is 0 Å². The highest BCUT2D eigenvalue weighted by molar-refractivity contribution is 9.10. The fourth-order valence-corrected chi connectivity index (χ4v) is 2.10. The lowest BCUT2D eigenvalue weighted by atomic mass is 10.1. The molecule has 2 aromatic rings. The summed E-state index contributed by atoms with van der Waals surface area (Å²) in [6, 6.07) is 4.87. The van der Waals surface area contributed by atoms with Gasteiger partial charge in [-0.25, -0.2) is 9.37 Å². The van der Waals surface area contributed by atoms with Crippen molar-refractivity contribution in [3.8, 4) is 11.3 Å². The lowest BCUT2D eigenvalue weighted by molar-refractivity contribution is 0.630. The minimum Gasteiger partial charge on any atom is -0.336 e. The molecular weight excluding hydrogens is 285 g/mol. The van der Waals surface area contributed by atoms with E-state index in [0.29, 0.717) is 17.8 Å². The third-order valence-corrected chi connectivity index (χ3v) is 3.08. The van der Waals surface area contributed by atoms with Gasteiger partial charge in [-0.15, -0.1) is 0 Å². The van der Waals surface area contributed by atoms with Gasteiger partial charge in [-0.2, -0.15) is 0 Å². The van der Waals surface area contributed by atoms with E-state index >= 15 is 0 Å². The topological polar surface area (TPSA) is 29.9 Å². The Hall–Kier alpha value is -1.20. The van der Waals surface area contributed by atoms with Crippen LogP contribution in [-0.4, -0.2) is 16.6 Å². The largest absolute Gasteiger partial charge is 0.336 e. The highest BCUT2D eigenvalue weighted by Crippen LogP contribution is 2.27. The Labute approximate surface area is 108 Å². The number of imidazole rings is 1. The van der Waals surface area contributed by atoms with Crippen molar-refractivity contribution in [1.29, 1.82) is 0 Å². The number of rotatable bonds is 3. The van der Waals surface area contributed by atoms with Gasteiger partial charge in [0.1, 0.15) is 5.82 Å². The molecule has 0 unspecified atom stereocenters. The van der Waals surface area contributed by atoms with Crippen LogP contribution in [-0.2, 0) is 13.6 Å². The average molecular weight is 298 g/mol. The number of aromatic nitrogens is 2. The van der Waals surface area contributed by atoms with E-state index in [9.17, 15) is 4.39 Å². The second-order valence-corrected chi connectivity index (χ2v) is 4.72. The van der Waals surface area contributed by atoms with Crippen molar-refractivity contribution >= 4 is 15.9 Å². The minimum absolute atomic E-state index is 0.260. The highest BCUT2D eigenvalue weighted by atomic mass is 79.9. The maximum absolute atomic E-state index is 13.8. The first kappa shape index (κ1) is 12.3. The Kier molecular flexibility index (Phi) is 3.59. The summed E-state index contributed by atoms with van der Waals surface area (Å²) in [6.45, 7) is 0.651. The zero-order valence-corrected chi connectivity index (χ0v) is 11.3. The van der Waals surface area contributed by atoms with Crippen LogP contribution >= 0.6 is 15.9 Å². The smallest absolute Gasteiger partial charge is 0.132 e. The zero-order valence-electron chi connectivity index (χ0n) is 9.67. The molecule has 5 heteroatoms. The molecular formula is C12H13BrFN3. The molecule has 0 saturated carbocycles. The summed E-state index contributed by atoms with van der Waals surface area (Å²) in [5, 5.41) is 3.06. The second-order valence-electron chi connectivity index (χ2n) is 3.81. The highest BCUT2D eigenvalue weighted by Gasteiger charge is 2.14. The molecule has 0 atom stereocenters. The summed E-state index contributed by atoms with van der Waals surface area (Å²) in [7, 11) is 3.76. The molecule has 1 aromatic heterocycles. The van der Waals surface area contributed by atoms with Crippen LogP contribution in [0.3, 0.4) is 0 Å². The van der Waals surface area contributed by atoms with Gasteiger partial charge in [0.2, 0.25) is 0 Å². The minimum atomic E-state index is -0.260. The van der Waals surface area contributed by atoms with Crippen molar-refractivity contribution in [1.82, 2.24) is 14.9 Å². The van der Waals surface area contributed by atoms with E-state index in [1.165, 1.54) is 6.07 Å². The SMILES string of the molecule is CNCc1c(-c2cc(Br)ccc2F)ncn1C. The summed E-state index contributed by atoms with van der Waals surface area (Å²) in [5.74, 6) is -0.260. The van der Waals surface area contributed by atoms with Gasteiger partial charge < -0.3 is 9.88 Å². The molecule has 0 aliphatic rings. The van der Waals surface area contributed by atoms with Crippen LogP contribution in [0.1, 0.15) is 5.69 Å². The monoisotopic (exact) mass is 297 g/mol. The van der Waals surface area contributed by atoms with Crippen LogP contribution in [0.5, 0.6) is 0 Å². The molecule has 1 N–H and O–H groups in total. The number of nitrogens with zero attached hydrogens (tertiary/aromatic N) is 2. The molecule has 17 heavy (non-hydrogen) atoms. The number of nitrogens with one attached hydrogen (secondary N) is 1. The first-order valence-corrected chi connectivity index (χ1v) is 6.03. The average Bonchev–Trinajstić information content (AvgIpc) is 2.65. The van der Waals surface area contributed by atoms with E-state index in [1.807, 2.05) is 18.7 Å². The number of aryl methyl sites for hydroxylation is 1. The third-order valence-electron chi connectivity index (χ3n) is 2.59. The van der Waals surface area contributed by atoms with Gasteiger partial charge in [0.15, 0.2) is 0 Å². The summed E-state index contributed by atoms with van der Waals surface area (Å²) >= 11 is 3.35. The van der Waals surface area contributed by atoms with Crippen LogP contribution in [0.2, 0.25) is 0 Å². The molecule has 0 radical (unpaired) electrons. The summed E-state index contributed by atoms with van der Waals surface area (Å²) in [4.78, 5) is 4.27. The Morgan fingerprint density at radius 2 is 2.24 bits per heavy atom. The van der Waals surface area contributed by atoms with Crippen LogP contribution < -0.4 is 5.32 Å². The quantitative estimate of drug-likeness (QED) is 0.944. The number of hydrogen-bond donors (Lipinski definition) is 1. The molecule has 0 bridgehead atoms. The van der Waals surface area contributed by atoms with E-state index < -0.39 is 0 Å². The molecule has 0 aliphatic heterocycles. The molecule has 3 nitrogen and oxygen atoms in total. The number of halogens is 2. The van der Waals surface area contributed by atoms with Crippen LogP contribution in [0.15, 0.2) is 29.0 Å². The van der Waals surface area contributed by atoms with Crippen molar-refractivity contribution < 1.29 is 4.39 Å². The lowest BCUT2D eigenvalue weighted by Crippen LogP contribution is -2.10. The van der Waals surface area contributed by atoms with Crippen LogP contribution in [0.4, 0.5) is 4.39 Å². The van der Waals surface area contributed by atoms with Crippen molar-refractivity contribution in [2.45, 2.75) is 6.54 Å². The van der Waals surface area contributed by atoms with Crippen molar-refractivity contribution in [3.05, 3.63) is 40.5 Å². The lowest BCUT2D eigenvalue weighted by Gasteiger charge is -2.06. The van der Waals surface area contributed by atoms with Gasteiger partial charge in [-0.3, -0.25) is 0 Å². The number of hydrogen-bond acceptors (Lipinski definition) is 2. The molecule has 0 fully saturated rings. The van der Waals surface area contributed by atoms with Gasteiger partial charge in [-0.1, -0.05) is 15.9 Å². The molecule has 0 saturated heterocycles. The molecule has 2 rings (SSSR count). The summed E-state index contributed by atoms with van der Waals surface area (Å²) in [5.41, 5.74) is 2.16.